The highest BCUT2D eigenvalue weighted by Gasteiger charge is 2.18. The number of aromatic carboxylic acids is 1. The van der Waals surface area contributed by atoms with Crippen molar-refractivity contribution in [3.05, 3.63) is 76.8 Å². The number of phenols is 1. The fourth-order valence-corrected chi connectivity index (χ4v) is 3.91. The summed E-state index contributed by atoms with van der Waals surface area (Å²) < 4.78 is 20.1. The zero-order chi connectivity index (χ0) is 22.0. The number of carboxylic acid groups (broad SMARTS) is 1. The lowest BCUT2D eigenvalue weighted by molar-refractivity contribution is 0.0693. The van der Waals surface area contributed by atoms with Gasteiger partial charge in [-0.1, -0.05) is 12.1 Å². The van der Waals surface area contributed by atoms with Gasteiger partial charge < -0.3 is 14.9 Å². The molecule has 0 radical (unpaired) electrons. The van der Waals surface area contributed by atoms with Gasteiger partial charge in [-0.15, -0.1) is 11.3 Å². The molecule has 3 heterocycles. The minimum atomic E-state index is -1.41. The van der Waals surface area contributed by atoms with Crippen LogP contribution in [0.4, 0.5) is 4.39 Å². The Hall–Kier alpha value is -3.85. The Morgan fingerprint density at radius 3 is 2.68 bits per heavy atom. The number of aromatic nitrogens is 3. The SMILES string of the molecule is Cc1nc(COc2ccccn2)sc1-c1cccc(-c2cc(O)c(C(=O)O)cc2F)n1. The number of halogens is 1. The molecule has 7 nitrogen and oxygen atoms in total. The van der Waals surface area contributed by atoms with E-state index in [1.807, 2.05) is 13.0 Å². The molecule has 0 atom stereocenters. The van der Waals surface area contributed by atoms with Crippen LogP contribution in [0.5, 0.6) is 11.6 Å². The van der Waals surface area contributed by atoms with Crippen LogP contribution in [0.15, 0.2) is 54.7 Å². The summed E-state index contributed by atoms with van der Waals surface area (Å²) in [5.41, 5.74) is 1.09. The molecular formula is C22H16FN3O4S. The molecule has 0 aliphatic rings. The lowest BCUT2D eigenvalue weighted by Gasteiger charge is -2.08. The third-order valence-electron chi connectivity index (χ3n) is 4.40. The zero-order valence-electron chi connectivity index (χ0n) is 16.2. The number of carboxylic acids is 1. The molecule has 0 fully saturated rings. The summed E-state index contributed by atoms with van der Waals surface area (Å²) in [4.78, 5) is 25.0. The van der Waals surface area contributed by atoms with E-state index in [9.17, 15) is 14.3 Å². The van der Waals surface area contributed by atoms with Crippen molar-refractivity contribution < 1.29 is 24.1 Å². The maximum Gasteiger partial charge on any atom is 0.339 e. The molecule has 0 unspecified atom stereocenters. The normalized spacial score (nSPS) is 10.8. The number of rotatable bonds is 6. The number of nitrogens with zero attached hydrogens (tertiary/aromatic N) is 3. The van der Waals surface area contributed by atoms with Gasteiger partial charge in [0.15, 0.2) is 0 Å². The lowest BCUT2D eigenvalue weighted by atomic mass is 10.1. The van der Waals surface area contributed by atoms with Crippen LogP contribution in [0.1, 0.15) is 21.1 Å². The molecule has 0 aliphatic carbocycles. The van der Waals surface area contributed by atoms with E-state index in [0.717, 1.165) is 27.7 Å². The summed E-state index contributed by atoms with van der Waals surface area (Å²) in [5.74, 6) is -2.23. The van der Waals surface area contributed by atoms with Crippen LogP contribution in [-0.2, 0) is 6.61 Å². The maximum absolute atomic E-state index is 14.5. The van der Waals surface area contributed by atoms with E-state index in [1.54, 1.807) is 36.5 Å². The Bertz CT molecular complexity index is 1260. The van der Waals surface area contributed by atoms with Crippen LogP contribution in [0, 0.1) is 12.7 Å². The molecule has 4 aromatic rings. The first-order chi connectivity index (χ1) is 14.9. The van der Waals surface area contributed by atoms with E-state index >= 15 is 0 Å². The molecule has 9 heteroatoms. The van der Waals surface area contributed by atoms with Gasteiger partial charge in [-0.2, -0.15) is 0 Å². The van der Waals surface area contributed by atoms with Crippen molar-refractivity contribution >= 4 is 17.3 Å². The van der Waals surface area contributed by atoms with Crippen LogP contribution in [-0.4, -0.2) is 31.1 Å². The van der Waals surface area contributed by atoms with Crippen LogP contribution in [0.25, 0.3) is 21.8 Å². The number of ether oxygens (including phenoxy) is 1. The minimum Gasteiger partial charge on any atom is -0.507 e. The Morgan fingerprint density at radius 1 is 1.13 bits per heavy atom. The molecule has 1 aromatic carbocycles. The van der Waals surface area contributed by atoms with Crippen LogP contribution in [0.2, 0.25) is 0 Å². The van der Waals surface area contributed by atoms with Crippen LogP contribution < -0.4 is 4.74 Å². The first kappa shape index (κ1) is 20.4. The zero-order valence-corrected chi connectivity index (χ0v) is 17.1. The van der Waals surface area contributed by atoms with E-state index in [1.165, 1.54) is 11.3 Å². The minimum absolute atomic E-state index is 0.00484. The van der Waals surface area contributed by atoms with E-state index in [2.05, 4.69) is 15.0 Å². The molecule has 2 N–H and O–H groups in total. The van der Waals surface area contributed by atoms with Crippen LogP contribution >= 0.6 is 11.3 Å². The van der Waals surface area contributed by atoms with Crippen molar-refractivity contribution in [3.63, 3.8) is 0 Å². The highest BCUT2D eigenvalue weighted by molar-refractivity contribution is 7.15. The fraction of sp³-hybridized carbons (Fsp3) is 0.0909. The van der Waals surface area contributed by atoms with Crippen LogP contribution in [0.3, 0.4) is 0 Å². The molecule has 0 bridgehead atoms. The largest absolute Gasteiger partial charge is 0.507 e. The molecule has 156 valence electrons. The summed E-state index contributed by atoms with van der Waals surface area (Å²) in [6.45, 7) is 2.10. The molecule has 31 heavy (non-hydrogen) atoms. The van der Waals surface area contributed by atoms with Gasteiger partial charge in [-0.05, 0) is 37.3 Å². The van der Waals surface area contributed by atoms with Gasteiger partial charge in [-0.3, -0.25) is 0 Å². The van der Waals surface area contributed by atoms with Crippen molar-refractivity contribution in [2.24, 2.45) is 0 Å². The van der Waals surface area contributed by atoms with E-state index in [0.29, 0.717) is 11.6 Å². The standard InChI is InChI=1S/C22H16FN3O4S/c1-12-21(31-20(25-12)11-30-19-7-2-3-8-24-19)17-6-4-5-16(26-17)13-10-18(27)14(22(28)29)9-15(13)23/h2-10,27H,11H2,1H3,(H,28,29). The number of hydrogen-bond donors (Lipinski definition) is 2. The number of hydrogen-bond acceptors (Lipinski definition) is 7. The van der Waals surface area contributed by atoms with Crippen molar-refractivity contribution in [3.8, 4) is 33.5 Å². The average Bonchev–Trinajstić information content (AvgIpc) is 3.15. The van der Waals surface area contributed by atoms with Crippen molar-refractivity contribution in [1.82, 2.24) is 15.0 Å². The summed E-state index contributed by atoms with van der Waals surface area (Å²) in [5, 5.41) is 19.7. The predicted octanol–water partition coefficient (Wildman–Crippen LogP) is 4.70. The second-order valence-corrected chi connectivity index (χ2v) is 7.62. The first-order valence-electron chi connectivity index (χ1n) is 9.16. The second kappa shape index (κ2) is 8.49. The molecule has 0 amide bonds. The Morgan fingerprint density at radius 2 is 1.94 bits per heavy atom. The first-order valence-corrected chi connectivity index (χ1v) is 9.98. The Labute approximate surface area is 180 Å². The summed E-state index contributed by atoms with van der Waals surface area (Å²) in [6.07, 6.45) is 1.64. The molecular weight excluding hydrogens is 421 g/mol. The highest BCUT2D eigenvalue weighted by Crippen LogP contribution is 2.33. The lowest BCUT2D eigenvalue weighted by Crippen LogP contribution is -1.99. The second-order valence-electron chi connectivity index (χ2n) is 6.54. The monoisotopic (exact) mass is 437 g/mol. The smallest absolute Gasteiger partial charge is 0.339 e. The van der Waals surface area contributed by atoms with E-state index < -0.39 is 23.1 Å². The van der Waals surface area contributed by atoms with E-state index in [-0.39, 0.29) is 17.9 Å². The number of aromatic hydroxyl groups is 1. The molecule has 4 rings (SSSR count). The summed E-state index contributed by atoms with van der Waals surface area (Å²) >= 11 is 1.40. The van der Waals surface area contributed by atoms with Gasteiger partial charge in [0, 0.05) is 17.8 Å². The number of aryl methyl sites for hydroxylation is 1. The molecule has 3 aromatic heterocycles. The van der Waals surface area contributed by atoms with Crippen molar-refractivity contribution in [2.45, 2.75) is 13.5 Å². The van der Waals surface area contributed by atoms with E-state index in [4.69, 9.17) is 9.84 Å². The van der Waals surface area contributed by atoms with Gasteiger partial charge in [0.25, 0.3) is 0 Å². The predicted molar refractivity (Wildman–Crippen MR) is 113 cm³/mol. The number of pyridine rings is 2. The van der Waals surface area contributed by atoms with Gasteiger partial charge in [0.05, 0.1) is 22.0 Å². The molecule has 0 aliphatic heterocycles. The fourth-order valence-electron chi connectivity index (χ4n) is 2.96. The molecule has 0 spiro atoms. The quantitative estimate of drug-likeness (QED) is 0.450. The summed E-state index contributed by atoms with van der Waals surface area (Å²) in [6, 6.07) is 12.3. The summed E-state index contributed by atoms with van der Waals surface area (Å²) in [7, 11) is 0. The number of thiazole rings is 1. The van der Waals surface area contributed by atoms with Crippen molar-refractivity contribution in [1.29, 1.82) is 0 Å². The van der Waals surface area contributed by atoms with Crippen molar-refractivity contribution in [2.75, 3.05) is 0 Å². The Kier molecular flexibility index (Phi) is 5.59. The molecule has 0 saturated heterocycles. The third-order valence-corrected chi connectivity index (χ3v) is 5.55. The number of benzene rings is 1. The van der Waals surface area contributed by atoms with Gasteiger partial charge >= 0.3 is 5.97 Å². The average molecular weight is 437 g/mol. The number of carbonyl (C=O) groups is 1. The van der Waals surface area contributed by atoms with Gasteiger partial charge in [0.2, 0.25) is 5.88 Å². The highest BCUT2D eigenvalue weighted by atomic mass is 32.1. The Balaban J connectivity index is 1.63. The topological polar surface area (TPSA) is 105 Å². The molecule has 0 saturated carbocycles. The third kappa shape index (κ3) is 4.36. The maximum atomic E-state index is 14.5. The van der Waals surface area contributed by atoms with Gasteiger partial charge in [0.1, 0.15) is 28.7 Å². The van der Waals surface area contributed by atoms with Gasteiger partial charge in [-0.25, -0.2) is 24.1 Å².